The number of nitrogens with one attached hydrogen (secondary N) is 2. The Bertz CT molecular complexity index is 361. The van der Waals surface area contributed by atoms with Crippen LogP contribution in [0, 0.1) is 6.92 Å². The molecule has 1 aromatic carbocycles. The molecule has 0 aliphatic heterocycles. The van der Waals surface area contributed by atoms with Crippen LogP contribution in [0.1, 0.15) is 12.0 Å². The number of anilines is 1. The molecule has 0 aliphatic carbocycles. The number of hydrogen-bond donors (Lipinski definition) is 2. The van der Waals surface area contributed by atoms with Crippen LogP contribution in [0.2, 0.25) is 0 Å². The topological polar surface area (TPSA) is 41.1 Å². The predicted molar refractivity (Wildman–Crippen MR) is 67.5 cm³/mol. The minimum absolute atomic E-state index is 0.0154. The van der Waals surface area contributed by atoms with Crippen molar-refractivity contribution in [1.82, 2.24) is 5.32 Å². The average Bonchev–Trinajstić information content (AvgIpc) is 2.28. The summed E-state index contributed by atoms with van der Waals surface area (Å²) in [5.74, 6) is -0.0154. The van der Waals surface area contributed by atoms with Crippen molar-refractivity contribution in [2.45, 2.75) is 13.3 Å². The minimum atomic E-state index is -0.0154. The normalized spacial score (nSPS) is 9.81. The highest BCUT2D eigenvalue weighted by Gasteiger charge is 2.02. The van der Waals surface area contributed by atoms with Gasteiger partial charge in [0, 0.05) is 5.69 Å². The van der Waals surface area contributed by atoms with E-state index in [0.717, 1.165) is 24.2 Å². The van der Waals surface area contributed by atoms with E-state index in [2.05, 4.69) is 17.2 Å². The Hall–Kier alpha value is -1.61. The third-order valence-electron chi connectivity index (χ3n) is 2.23. The number of benzene rings is 1. The Labute approximate surface area is 96.6 Å². The molecule has 1 rings (SSSR count). The highest BCUT2D eigenvalue weighted by molar-refractivity contribution is 5.92. The molecule has 3 nitrogen and oxygen atoms in total. The Balaban J connectivity index is 2.34. The number of amides is 1. The maximum Gasteiger partial charge on any atom is 0.238 e. The van der Waals surface area contributed by atoms with Crippen molar-refractivity contribution in [2.75, 3.05) is 18.4 Å². The van der Waals surface area contributed by atoms with E-state index in [1.54, 1.807) is 0 Å². The SMILES string of the molecule is C=CCCNCC(=O)Nc1ccccc1C. The highest BCUT2D eigenvalue weighted by atomic mass is 16.1. The van der Waals surface area contributed by atoms with Crippen molar-refractivity contribution in [3.8, 4) is 0 Å². The third-order valence-corrected chi connectivity index (χ3v) is 2.23. The molecule has 0 unspecified atom stereocenters. The summed E-state index contributed by atoms with van der Waals surface area (Å²) in [5.41, 5.74) is 1.94. The molecule has 16 heavy (non-hydrogen) atoms. The third kappa shape index (κ3) is 4.28. The molecule has 0 bridgehead atoms. The largest absolute Gasteiger partial charge is 0.325 e. The van der Waals surface area contributed by atoms with Crippen molar-refractivity contribution in [3.63, 3.8) is 0 Å². The molecule has 0 saturated heterocycles. The van der Waals surface area contributed by atoms with E-state index in [4.69, 9.17) is 0 Å². The zero-order chi connectivity index (χ0) is 11.8. The van der Waals surface area contributed by atoms with Crippen LogP contribution in [0.3, 0.4) is 0 Å². The second-order valence-corrected chi connectivity index (χ2v) is 3.62. The number of rotatable bonds is 6. The second kappa shape index (κ2) is 6.80. The van der Waals surface area contributed by atoms with Crippen molar-refractivity contribution < 1.29 is 4.79 Å². The first-order chi connectivity index (χ1) is 7.74. The van der Waals surface area contributed by atoms with Crippen LogP contribution in [0.4, 0.5) is 5.69 Å². The molecule has 0 fully saturated rings. The van der Waals surface area contributed by atoms with E-state index >= 15 is 0 Å². The first kappa shape index (κ1) is 12.5. The summed E-state index contributed by atoms with van der Waals surface area (Å²) in [6.07, 6.45) is 2.70. The van der Waals surface area contributed by atoms with Gasteiger partial charge in [0.25, 0.3) is 0 Å². The van der Waals surface area contributed by atoms with Gasteiger partial charge in [0.2, 0.25) is 5.91 Å². The maximum atomic E-state index is 11.5. The Morgan fingerprint density at radius 1 is 1.44 bits per heavy atom. The Morgan fingerprint density at radius 2 is 2.19 bits per heavy atom. The minimum Gasteiger partial charge on any atom is -0.325 e. The summed E-state index contributed by atoms with van der Waals surface area (Å²) >= 11 is 0. The van der Waals surface area contributed by atoms with Gasteiger partial charge in [-0.05, 0) is 31.5 Å². The van der Waals surface area contributed by atoms with Crippen molar-refractivity contribution in [2.24, 2.45) is 0 Å². The van der Waals surface area contributed by atoms with E-state index in [1.807, 2.05) is 37.3 Å². The zero-order valence-electron chi connectivity index (χ0n) is 9.62. The van der Waals surface area contributed by atoms with Gasteiger partial charge in [-0.25, -0.2) is 0 Å². The van der Waals surface area contributed by atoms with E-state index in [9.17, 15) is 4.79 Å². The van der Waals surface area contributed by atoms with Gasteiger partial charge < -0.3 is 10.6 Å². The zero-order valence-corrected chi connectivity index (χ0v) is 9.62. The van der Waals surface area contributed by atoms with Gasteiger partial charge in [-0.15, -0.1) is 6.58 Å². The molecule has 3 heteroatoms. The van der Waals surface area contributed by atoms with Crippen LogP contribution >= 0.6 is 0 Å². The molecule has 0 spiro atoms. The molecule has 0 aromatic heterocycles. The van der Waals surface area contributed by atoms with Crippen LogP contribution < -0.4 is 10.6 Å². The molecule has 0 radical (unpaired) electrons. The molecule has 86 valence electrons. The monoisotopic (exact) mass is 218 g/mol. The molecule has 1 amide bonds. The number of carbonyl (C=O) groups is 1. The van der Waals surface area contributed by atoms with Crippen LogP contribution in [0.25, 0.3) is 0 Å². The fraction of sp³-hybridized carbons (Fsp3) is 0.308. The van der Waals surface area contributed by atoms with Gasteiger partial charge in [-0.1, -0.05) is 24.3 Å². The number of hydrogen-bond acceptors (Lipinski definition) is 2. The quantitative estimate of drug-likeness (QED) is 0.567. The van der Waals surface area contributed by atoms with E-state index in [0.29, 0.717) is 6.54 Å². The van der Waals surface area contributed by atoms with Gasteiger partial charge in [-0.2, -0.15) is 0 Å². The second-order valence-electron chi connectivity index (χ2n) is 3.62. The lowest BCUT2D eigenvalue weighted by molar-refractivity contribution is -0.115. The summed E-state index contributed by atoms with van der Waals surface area (Å²) in [4.78, 5) is 11.5. The first-order valence-corrected chi connectivity index (χ1v) is 5.41. The Morgan fingerprint density at radius 3 is 2.88 bits per heavy atom. The molecule has 1 aromatic rings. The van der Waals surface area contributed by atoms with Crippen LogP contribution in [-0.2, 0) is 4.79 Å². The lowest BCUT2D eigenvalue weighted by Gasteiger charge is -2.08. The van der Waals surface area contributed by atoms with Gasteiger partial charge in [0.15, 0.2) is 0 Å². The van der Waals surface area contributed by atoms with Crippen molar-refractivity contribution >= 4 is 11.6 Å². The van der Waals surface area contributed by atoms with E-state index in [1.165, 1.54) is 0 Å². The lowest BCUT2D eigenvalue weighted by Crippen LogP contribution is -2.28. The molecular formula is C13H18N2O. The molecule has 0 aliphatic rings. The first-order valence-electron chi connectivity index (χ1n) is 5.41. The van der Waals surface area contributed by atoms with Gasteiger partial charge in [0.1, 0.15) is 0 Å². The summed E-state index contributed by atoms with van der Waals surface area (Å²) in [5, 5.41) is 5.90. The number of para-hydroxylation sites is 1. The Kier molecular flexibility index (Phi) is 5.29. The number of aryl methyl sites for hydroxylation is 1. The van der Waals surface area contributed by atoms with Gasteiger partial charge in [0.05, 0.1) is 6.54 Å². The van der Waals surface area contributed by atoms with E-state index < -0.39 is 0 Å². The smallest absolute Gasteiger partial charge is 0.238 e. The van der Waals surface area contributed by atoms with Crippen LogP contribution in [0.15, 0.2) is 36.9 Å². The van der Waals surface area contributed by atoms with Gasteiger partial charge in [-0.3, -0.25) is 4.79 Å². The summed E-state index contributed by atoms with van der Waals surface area (Å²) < 4.78 is 0. The lowest BCUT2D eigenvalue weighted by atomic mass is 10.2. The van der Waals surface area contributed by atoms with Crippen LogP contribution in [0.5, 0.6) is 0 Å². The summed E-state index contributed by atoms with van der Waals surface area (Å²) in [6, 6.07) is 7.73. The molecule has 2 N–H and O–H groups in total. The fourth-order valence-corrected chi connectivity index (χ4v) is 1.31. The molecule has 0 heterocycles. The van der Waals surface area contributed by atoms with E-state index in [-0.39, 0.29) is 5.91 Å². The molecule has 0 atom stereocenters. The summed E-state index contributed by atoms with van der Waals surface area (Å²) in [7, 11) is 0. The molecular weight excluding hydrogens is 200 g/mol. The maximum absolute atomic E-state index is 11.5. The molecule has 0 saturated carbocycles. The average molecular weight is 218 g/mol. The van der Waals surface area contributed by atoms with Crippen LogP contribution in [-0.4, -0.2) is 19.0 Å². The standard InChI is InChI=1S/C13H18N2O/c1-3-4-9-14-10-13(16)15-12-8-6-5-7-11(12)2/h3,5-8,14H,1,4,9-10H2,2H3,(H,15,16). The summed E-state index contributed by atoms with van der Waals surface area (Å²) in [6.45, 7) is 6.71. The van der Waals surface area contributed by atoms with Crippen molar-refractivity contribution in [1.29, 1.82) is 0 Å². The highest BCUT2D eigenvalue weighted by Crippen LogP contribution is 2.12. The predicted octanol–water partition coefficient (Wildman–Crippen LogP) is 2.10. The number of carbonyl (C=O) groups excluding carboxylic acids is 1. The fourth-order valence-electron chi connectivity index (χ4n) is 1.31. The van der Waals surface area contributed by atoms with Crippen molar-refractivity contribution in [3.05, 3.63) is 42.5 Å². The van der Waals surface area contributed by atoms with Gasteiger partial charge >= 0.3 is 0 Å².